The number of nitrogen functional groups attached to an aromatic ring is 1. The highest BCUT2D eigenvalue weighted by Crippen LogP contribution is 2.11. The van der Waals surface area contributed by atoms with Crippen molar-refractivity contribution in [3.8, 4) is 0 Å². The first-order valence-electron chi connectivity index (χ1n) is 3.05. The maximum absolute atomic E-state index is 5.45. The van der Waals surface area contributed by atoms with E-state index in [2.05, 4.69) is 9.97 Å². The van der Waals surface area contributed by atoms with Crippen LogP contribution in [0.3, 0.4) is 0 Å². The van der Waals surface area contributed by atoms with Crippen molar-refractivity contribution in [2.24, 2.45) is 0 Å². The summed E-state index contributed by atoms with van der Waals surface area (Å²) in [5.41, 5.74) is 6.49. The lowest BCUT2D eigenvalue weighted by atomic mass is 10.3. The van der Waals surface area contributed by atoms with E-state index in [9.17, 15) is 0 Å². The van der Waals surface area contributed by atoms with Gasteiger partial charge in [0.2, 0.25) is 0 Å². The van der Waals surface area contributed by atoms with Crippen molar-refractivity contribution in [1.29, 1.82) is 0 Å². The lowest BCUT2D eigenvalue weighted by Crippen LogP contribution is -1.87. The molecular weight excluding hydrogens is 162 g/mol. The number of rotatable bonds is 0. The van der Waals surface area contributed by atoms with Crippen LogP contribution in [0.5, 0.6) is 0 Å². The summed E-state index contributed by atoms with van der Waals surface area (Å²) in [6.45, 7) is 0. The van der Waals surface area contributed by atoms with E-state index in [1.807, 2.05) is 18.3 Å². The van der Waals surface area contributed by atoms with Gasteiger partial charge in [0, 0.05) is 23.8 Å². The second kappa shape index (κ2) is 2.80. The third-order valence-corrected chi connectivity index (χ3v) is 1.46. The minimum Gasteiger partial charge on any atom is -0.384 e. The summed E-state index contributed by atoms with van der Waals surface area (Å²) in [5, 5.41) is 1.09. The molecule has 3 nitrogen and oxygen atoms in total. The topological polar surface area (TPSA) is 54.7 Å². The van der Waals surface area contributed by atoms with Crippen molar-refractivity contribution in [2.75, 3.05) is 5.73 Å². The Kier molecular flexibility index (Phi) is 2.01. The lowest BCUT2D eigenvalue weighted by molar-refractivity contribution is 1.36. The van der Waals surface area contributed by atoms with Crippen molar-refractivity contribution in [3.63, 3.8) is 0 Å². The molecule has 11 heavy (non-hydrogen) atoms. The third-order valence-electron chi connectivity index (χ3n) is 1.46. The molecule has 3 N–H and O–H groups in total. The number of anilines is 1. The summed E-state index contributed by atoms with van der Waals surface area (Å²) in [7, 11) is 0. The average Bonchev–Trinajstić information content (AvgIpc) is 2.33. The summed E-state index contributed by atoms with van der Waals surface area (Å²) in [5.74, 6) is 0.551. The molecule has 0 aliphatic rings. The standard InChI is InChI=1S/C7H7N3.ClH/c8-7-3-6-5(4-10-7)1-2-9-6;/h1-4,9H,(H2,8,10);1H. The molecule has 2 aromatic heterocycles. The fourth-order valence-corrected chi connectivity index (χ4v) is 0.961. The molecule has 0 bridgehead atoms. The Labute approximate surface area is 70.0 Å². The molecular formula is C7H8ClN3. The smallest absolute Gasteiger partial charge is 0.125 e. The van der Waals surface area contributed by atoms with E-state index in [4.69, 9.17) is 5.73 Å². The highest BCUT2D eigenvalue weighted by atomic mass is 35.5. The molecule has 2 heterocycles. The van der Waals surface area contributed by atoms with Gasteiger partial charge < -0.3 is 10.7 Å². The Morgan fingerprint density at radius 1 is 1.45 bits per heavy atom. The molecule has 0 unspecified atom stereocenters. The molecule has 0 radical (unpaired) electrons. The predicted molar refractivity (Wildman–Crippen MR) is 47.8 cm³/mol. The molecule has 0 aliphatic heterocycles. The first kappa shape index (κ1) is 7.88. The predicted octanol–water partition coefficient (Wildman–Crippen LogP) is 1.57. The molecule has 0 aromatic carbocycles. The van der Waals surface area contributed by atoms with Crippen LogP contribution in [-0.2, 0) is 0 Å². The Hall–Kier alpha value is -1.22. The molecule has 0 aliphatic carbocycles. The monoisotopic (exact) mass is 169 g/mol. The van der Waals surface area contributed by atoms with Gasteiger partial charge in [0.25, 0.3) is 0 Å². The molecule has 0 saturated heterocycles. The fraction of sp³-hybridized carbons (Fsp3) is 0. The van der Waals surface area contributed by atoms with Gasteiger partial charge in [-0.25, -0.2) is 4.98 Å². The van der Waals surface area contributed by atoms with E-state index in [0.717, 1.165) is 10.9 Å². The van der Waals surface area contributed by atoms with Crippen LogP contribution in [0.25, 0.3) is 10.9 Å². The van der Waals surface area contributed by atoms with E-state index in [-0.39, 0.29) is 12.4 Å². The zero-order chi connectivity index (χ0) is 6.97. The van der Waals surface area contributed by atoms with Crippen LogP contribution in [-0.4, -0.2) is 9.97 Å². The van der Waals surface area contributed by atoms with Crippen molar-refractivity contribution >= 4 is 29.1 Å². The lowest BCUT2D eigenvalue weighted by Gasteiger charge is -1.90. The summed E-state index contributed by atoms with van der Waals surface area (Å²) in [6, 6.07) is 3.77. The SMILES string of the molecule is Cl.Nc1cc2[nH]ccc2cn1. The molecule has 58 valence electrons. The van der Waals surface area contributed by atoms with Gasteiger partial charge in [-0.2, -0.15) is 0 Å². The van der Waals surface area contributed by atoms with Crippen LogP contribution in [0.1, 0.15) is 0 Å². The molecule has 0 fully saturated rings. The second-order valence-electron chi connectivity index (χ2n) is 2.17. The van der Waals surface area contributed by atoms with Crippen molar-refractivity contribution < 1.29 is 0 Å². The molecule has 4 heteroatoms. The van der Waals surface area contributed by atoms with Gasteiger partial charge in [-0.1, -0.05) is 0 Å². The molecule has 0 amide bonds. The van der Waals surface area contributed by atoms with Gasteiger partial charge >= 0.3 is 0 Å². The maximum atomic E-state index is 5.45. The van der Waals surface area contributed by atoms with Gasteiger partial charge in [-0.05, 0) is 6.07 Å². The van der Waals surface area contributed by atoms with Gasteiger partial charge in [-0.3, -0.25) is 0 Å². The Balaban J connectivity index is 0.000000605. The Morgan fingerprint density at radius 3 is 3.09 bits per heavy atom. The van der Waals surface area contributed by atoms with E-state index in [1.54, 1.807) is 6.20 Å². The van der Waals surface area contributed by atoms with E-state index in [1.165, 1.54) is 0 Å². The van der Waals surface area contributed by atoms with Crippen LogP contribution in [0.4, 0.5) is 5.82 Å². The van der Waals surface area contributed by atoms with E-state index >= 15 is 0 Å². The van der Waals surface area contributed by atoms with Crippen LogP contribution in [0.15, 0.2) is 24.5 Å². The maximum Gasteiger partial charge on any atom is 0.125 e. The van der Waals surface area contributed by atoms with Crippen molar-refractivity contribution in [3.05, 3.63) is 24.5 Å². The highest BCUT2D eigenvalue weighted by molar-refractivity contribution is 5.85. The molecule has 2 rings (SSSR count). The number of hydrogen-bond donors (Lipinski definition) is 2. The summed E-state index contributed by atoms with van der Waals surface area (Å²) in [4.78, 5) is 6.98. The van der Waals surface area contributed by atoms with Gasteiger partial charge in [-0.15, -0.1) is 12.4 Å². The van der Waals surface area contributed by atoms with Gasteiger partial charge in [0.15, 0.2) is 0 Å². The van der Waals surface area contributed by atoms with Gasteiger partial charge in [0.1, 0.15) is 5.82 Å². The van der Waals surface area contributed by atoms with E-state index < -0.39 is 0 Å². The number of aromatic amines is 1. The number of nitrogens with zero attached hydrogens (tertiary/aromatic N) is 1. The minimum absolute atomic E-state index is 0. The number of fused-ring (bicyclic) bond motifs is 1. The Bertz CT molecular complexity index is 355. The summed E-state index contributed by atoms with van der Waals surface area (Å²) in [6.07, 6.45) is 3.62. The number of halogens is 1. The van der Waals surface area contributed by atoms with Crippen LogP contribution < -0.4 is 5.73 Å². The average molecular weight is 170 g/mol. The van der Waals surface area contributed by atoms with Crippen molar-refractivity contribution in [1.82, 2.24) is 9.97 Å². The van der Waals surface area contributed by atoms with Crippen LogP contribution in [0, 0.1) is 0 Å². The van der Waals surface area contributed by atoms with Crippen molar-refractivity contribution in [2.45, 2.75) is 0 Å². The zero-order valence-corrected chi connectivity index (χ0v) is 6.56. The molecule has 0 saturated carbocycles. The summed E-state index contributed by atoms with van der Waals surface area (Å²) < 4.78 is 0. The van der Waals surface area contributed by atoms with Crippen LogP contribution in [0.2, 0.25) is 0 Å². The minimum atomic E-state index is 0. The van der Waals surface area contributed by atoms with Crippen LogP contribution >= 0.6 is 12.4 Å². The Morgan fingerprint density at radius 2 is 2.27 bits per heavy atom. The number of nitrogens with two attached hydrogens (primary N) is 1. The zero-order valence-electron chi connectivity index (χ0n) is 5.74. The fourth-order valence-electron chi connectivity index (χ4n) is 0.961. The quantitative estimate of drug-likeness (QED) is 0.629. The summed E-state index contributed by atoms with van der Waals surface area (Å²) >= 11 is 0. The normalized spacial score (nSPS) is 9.45. The number of nitrogens with one attached hydrogen (secondary N) is 1. The number of H-pyrrole nitrogens is 1. The first-order chi connectivity index (χ1) is 4.86. The molecule has 2 aromatic rings. The van der Waals surface area contributed by atoms with Gasteiger partial charge in [0.05, 0.1) is 5.52 Å². The highest BCUT2D eigenvalue weighted by Gasteiger charge is 1.92. The molecule has 0 atom stereocenters. The number of hydrogen-bond acceptors (Lipinski definition) is 2. The number of aromatic nitrogens is 2. The second-order valence-corrected chi connectivity index (χ2v) is 2.17. The third kappa shape index (κ3) is 1.28. The van der Waals surface area contributed by atoms with E-state index in [0.29, 0.717) is 5.82 Å². The first-order valence-corrected chi connectivity index (χ1v) is 3.05. The number of pyridine rings is 1. The largest absolute Gasteiger partial charge is 0.384 e. The molecule has 0 spiro atoms.